The molecule has 0 heterocycles. The molecule has 0 amide bonds. The third kappa shape index (κ3) is 3.40. The molecule has 4 atom stereocenters. The fourth-order valence-corrected chi connectivity index (χ4v) is 5.49. The lowest BCUT2D eigenvalue weighted by molar-refractivity contribution is -0.137. The fraction of sp³-hybridized carbons (Fsp3) is 0.625. The van der Waals surface area contributed by atoms with Gasteiger partial charge in [-0.25, -0.2) is 13.1 Å². The summed E-state index contributed by atoms with van der Waals surface area (Å²) < 4.78 is 65.6. The largest absolute Gasteiger partial charge is 0.416 e. The van der Waals surface area contributed by atoms with Crippen LogP contribution < -0.4 is 4.72 Å². The van der Waals surface area contributed by atoms with Gasteiger partial charge in [0.25, 0.3) is 0 Å². The Morgan fingerprint density at radius 1 is 1.22 bits per heavy atom. The van der Waals surface area contributed by atoms with E-state index in [-0.39, 0.29) is 16.9 Å². The van der Waals surface area contributed by atoms with Crippen molar-refractivity contribution < 1.29 is 21.6 Å². The van der Waals surface area contributed by atoms with Gasteiger partial charge in [-0.1, -0.05) is 12.5 Å². The quantitative estimate of drug-likeness (QED) is 0.900. The Labute approximate surface area is 134 Å². The first-order chi connectivity index (χ1) is 10.7. The van der Waals surface area contributed by atoms with Crippen LogP contribution in [0.1, 0.15) is 38.2 Å². The molecular weight excluding hydrogens is 327 g/mol. The Bertz CT molecular complexity index is 687. The van der Waals surface area contributed by atoms with Gasteiger partial charge in [0.2, 0.25) is 10.0 Å². The number of benzene rings is 1. The zero-order valence-corrected chi connectivity index (χ0v) is 13.6. The van der Waals surface area contributed by atoms with Gasteiger partial charge in [-0.05, 0) is 62.1 Å². The SMILES string of the molecule is C[C@H](NS(=O)(=O)c1cccc(C(F)(F)F)c1)[C@H]1C[C@@H]2CC[C@H]1C2. The van der Waals surface area contributed by atoms with Crippen LogP contribution >= 0.6 is 0 Å². The first kappa shape index (κ1) is 16.8. The summed E-state index contributed by atoms with van der Waals surface area (Å²) in [5.41, 5.74) is -0.951. The van der Waals surface area contributed by atoms with Gasteiger partial charge in [0.1, 0.15) is 0 Å². The summed E-state index contributed by atoms with van der Waals surface area (Å²) in [5.74, 6) is 1.51. The molecule has 2 aliphatic carbocycles. The maximum Gasteiger partial charge on any atom is 0.416 e. The maximum absolute atomic E-state index is 12.8. The maximum atomic E-state index is 12.8. The van der Waals surface area contributed by atoms with Crippen LogP contribution in [0.15, 0.2) is 29.2 Å². The van der Waals surface area contributed by atoms with Gasteiger partial charge in [-0.15, -0.1) is 0 Å². The molecule has 3 rings (SSSR count). The molecule has 0 aliphatic heterocycles. The number of rotatable bonds is 4. The summed E-state index contributed by atoms with van der Waals surface area (Å²) in [4.78, 5) is -0.331. The van der Waals surface area contributed by atoms with Crippen LogP contribution in [-0.4, -0.2) is 14.5 Å². The Hall–Kier alpha value is -1.08. The number of sulfonamides is 1. The third-order valence-electron chi connectivity index (χ3n) is 5.25. The first-order valence-corrected chi connectivity index (χ1v) is 9.35. The highest BCUT2D eigenvalue weighted by molar-refractivity contribution is 7.89. The third-order valence-corrected chi connectivity index (χ3v) is 6.80. The molecule has 128 valence electrons. The van der Waals surface area contributed by atoms with Crippen LogP contribution in [0.25, 0.3) is 0 Å². The lowest BCUT2D eigenvalue weighted by Gasteiger charge is -2.28. The smallest absolute Gasteiger partial charge is 0.208 e. The van der Waals surface area contributed by atoms with Crippen molar-refractivity contribution in [3.05, 3.63) is 29.8 Å². The Morgan fingerprint density at radius 3 is 2.52 bits per heavy atom. The molecule has 3 nitrogen and oxygen atoms in total. The minimum absolute atomic E-state index is 0.259. The molecule has 0 radical (unpaired) electrons. The molecular formula is C16H20F3NO2S. The highest BCUT2D eigenvalue weighted by atomic mass is 32.2. The van der Waals surface area contributed by atoms with Gasteiger partial charge < -0.3 is 0 Å². The number of halogens is 3. The molecule has 0 aromatic heterocycles. The van der Waals surface area contributed by atoms with Gasteiger partial charge in [0.05, 0.1) is 10.5 Å². The van der Waals surface area contributed by atoms with E-state index in [0.29, 0.717) is 17.9 Å². The van der Waals surface area contributed by atoms with E-state index in [1.165, 1.54) is 12.5 Å². The average molecular weight is 347 g/mol. The second-order valence-corrected chi connectivity index (χ2v) is 8.49. The van der Waals surface area contributed by atoms with Crippen LogP contribution in [0.5, 0.6) is 0 Å². The Balaban J connectivity index is 1.76. The van der Waals surface area contributed by atoms with E-state index >= 15 is 0 Å². The highest BCUT2D eigenvalue weighted by Gasteiger charge is 2.42. The molecule has 0 spiro atoms. The summed E-state index contributed by atoms with van der Waals surface area (Å²) in [6, 6.07) is 3.63. The topological polar surface area (TPSA) is 46.2 Å². The Morgan fingerprint density at radius 2 is 1.96 bits per heavy atom. The predicted molar refractivity (Wildman–Crippen MR) is 80.2 cm³/mol. The van der Waals surface area contributed by atoms with Crippen molar-refractivity contribution in [3.63, 3.8) is 0 Å². The van der Waals surface area contributed by atoms with Crippen molar-refractivity contribution >= 4 is 10.0 Å². The number of fused-ring (bicyclic) bond motifs is 2. The minimum Gasteiger partial charge on any atom is -0.208 e. The number of nitrogens with one attached hydrogen (secondary N) is 1. The standard InChI is InChI=1S/C16H20F3NO2S/c1-10(15-8-11-5-6-12(15)7-11)20-23(21,22)14-4-2-3-13(9-14)16(17,18)19/h2-4,9-12,15,20H,5-8H2,1H3/t10-,11+,12-,15+/m0/s1. The van der Waals surface area contributed by atoms with Gasteiger partial charge in [0, 0.05) is 6.04 Å². The monoisotopic (exact) mass is 347 g/mol. The van der Waals surface area contributed by atoms with Crippen molar-refractivity contribution in [2.24, 2.45) is 17.8 Å². The van der Waals surface area contributed by atoms with Gasteiger partial charge in [0.15, 0.2) is 0 Å². The highest BCUT2D eigenvalue weighted by Crippen LogP contribution is 2.49. The number of hydrogen-bond donors (Lipinski definition) is 1. The van der Waals surface area contributed by atoms with Crippen LogP contribution in [0, 0.1) is 17.8 Å². The zero-order valence-electron chi connectivity index (χ0n) is 12.8. The van der Waals surface area contributed by atoms with Crippen molar-refractivity contribution in [1.29, 1.82) is 0 Å². The molecule has 23 heavy (non-hydrogen) atoms. The Kier molecular flexibility index (Phi) is 4.21. The molecule has 2 fully saturated rings. The summed E-state index contributed by atoms with van der Waals surface area (Å²) >= 11 is 0. The molecule has 0 unspecified atom stereocenters. The van der Waals surface area contributed by atoms with Crippen LogP contribution in [-0.2, 0) is 16.2 Å². The molecule has 7 heteroatoms. The normalized spacial score (nSPS) is 29.0. The first-order valence-electron chi connectivity index (χ1n) is 7.86. The molecule has 1 N–H and O–H groups in total. The van der Waals surface area contributed by atoms with E-state index in [2.05, 4.69) is 4.72 Å². The van der Waals surface area contributed by atoms with Crippen LogP contribution in [0.2, 0.25) is 0 Å². The van der Waals surface area contributed by atoms with Gasteiger partial charge >= 0.3 is 6.18 Å². The van der Waals surface area contributed by atoms with E-state index in [4.69, 9.17) is 0 Å². The van der Waals surface area contributed by atoms with E-state index in [1.54, 1.807) is 0 Å². The van der Waals surface area contributed by atoms with Gasteiger partial charge in [-0.3, -0.25) is 0 Å². The van der Waals surface area contributed by atoms with E-state index in [1.807, 2.05) is 6.92 Å². The predicted octanol–water partition coefficient (Wildman–Crippen LogP) is 3.81. The molecule has 1 aromatic rings. The molecule has 1 aromatic carbocycles. The second-order valence-electron chi connectivity index (χ2n) is 6.77. The summed E-state index contributed by atoms with van der Waals surface area (Å²) in [6.07, 6.45) is -0.0434. The lowest BCUT2D eigenvalue weighted by Crippen LogP contribution is -2.40. The van der Waals surface area contributed by atoms with E-state index in [0.717, 1.165) is 31.4 Å². The zero-order chi connectivity index (χ0) is 16.8. The summed E-state index contributed by atoms with van der Waals surface area (Å²) in [6.45, 7) is 1.82. The average Bonchev–Trinajstić information content (AvgIpc) is 3.09. The van der Waals surface area contributed by atoms with Crippen molar-refractivity contribution in [3.8, 4) is 0 Å². The number of alkyl halides is 3. The van der Waals surface area contributed by atoms with Crippen molar-refractivity contribution in [2.75, 3.05) is 0 Å². The van der Waals surface area contributed by atoms with E-state index < -0.39 is 21.8 Å². The summed E-state index contributed by atoms with van der Waals surface area (Å²) in [5, 5.41) is 0. The van der Waals surface area contributed by atoms with Crippen LogP contribution in [0.4, 0.5) is 13.2 Å². The molecule has 2 bridgehead atoms. The van der Waals surface area contributed by atoms with Crippen molar-refractivity contribution in [1.82, 2.24) is 4.72 Å². The van der Waals surface area contributed by atoms with E-state index in [9.17, 15) is 21.6 Å². The van der Waals surface area contributed by atoms with Crippen molar-refractivity contribution in [2.45, 2.75) is 49.7 Å². The molecule has 2 aliphatic rings. The van der Waals surface area contributed by atoms with Gasteiger partial charge in [-0.2, -0.15) is 13.2 Å². The second kappa shape index (κ2) is 5.77. The summed E-state index contributed by atoms with van der Waals surface area (Å²) in [7, 11) is -3.95. The molecule has 0 saturated heterocycles. The minimum atomic E-state index is -4.55. The van der Waals surface area contributed by atoms with Crippen LogP contribution in [0.3, 0.4) is 0 Å². The number of hydrogen-bond acceptors (Lipinski definition) is 2. The fourth-order valence-electron chi connectivity index (χ4n) is 4.15. The lowest BCUT2D eigenvalue weighted by atomic mass is 9.84. The molecule has 2 saturated carbocycles.